The predicted octanol–water partition coefficient (Wildman–Crippen LogP) is -0.00920. The molecule has 2 aliphatic heterocycles. The van der Waals surface area contributed by atoms with E-state index in [1.807, 2.05) is 0 Å². The van der Waals surface area contributed by atoms with Gasteiger partial charge in [-0.25, -0.2) is 4.79 Å². The SMILES string of the molecule is O=C1O[C@@H](CCc2ccc(O)cc2)Cc2cc(O[C@@H]3O[C@H](CO)[C@@H](O)[C@H](O)[C@H]3O)cc(O)c21. The van der Waals surface area contributed by atoms with E-state index >= 15 is 0 Å². The molecule has 2 aromatic rings. The molecule has 178 valence electrons. The van der Waals surface area contributed by atoms with E-state index in [2.05, 4.69) is 0 Å². The van der Waals surface area contributed by atoms with Crippen molar-refractivity contribution in [3.05, 3.63) is 53.1 Å². The number of carbonyl (C=O) groups is 1. The molecule has 2 aliphatic rings. The van der Waals surface area contributed by atoms with Gasteiger partial charge in [0.15, 0.2) is 0 Å². The highest BCUT2D eigenvalue weighted by molar-refractivity contribution is 5.95. The number of cyclic esters (lactones) is 1. The molecule has 0 saturated carbocycles. The van der Waals surface area contributed by atoms with Crippen LogP contribution in [-0.4, -0.2) is 80.0 Å². The first kappa shape index (κ1) is 23.3. The maximum Gasteiger partial charge on any atom is 0.342 e. The average Bonchev–Trinajstić information content (AvgIpc) is 2.78. The van der Waals surface area contributed by atoms with Gasteiger partial charge in [0.2, 0.25) is 6.29 Å². The van der Waals surface area contributed by atoms with E-state index in [0.717, 1.165) is 11.6 Å². The van der Waals surface area contributed by atoms with E-state index in [0.29, 0.717) is 24.8 Å². The molecule has 0 radical (unpaired) electrons. The zero-order chi connectivity index (χ0) is 23.7. The number of phenols is 2. The molecule has 6 atom stereocenters. The molecule has 6 N–H and O–H groups in total. The van der Waals surface area contributed by atoms with Crippen LogP contribution in [0.1, 0.15) is 27.9 Å². The Labute approximate surface area is 189 Å². The van der Waals surface area contributed by atoms with Gasteiger partial charge in [0.25, 0.3) is 0 Å². The minimum Gasteiger partial charge on any atom is -0.508 e. The van der Waals surface area contributed by atoms with E-state index in [4.69, 9.17) is 14.2 Å². The van der Waals surface area contributed by atoms with Gasteiger partial charge in [-0.3, -0.25) is 0 Å². The van der Waals surface area contributed by atoms with Crippen LogP contribution in [0.3, 0.4) is 0 Å². The van der Waals surface area contributed by atoms with Crippen LogP contribution < -0.4 is 4.74 Å². The molecule has 0 amide bonds. The van der Waals surface area contributed by atoms with E-state index in [1.165, 1.54) is 6.07 Å². The van der Waals surface area contributed by atoms with Gasteiger partial charge in [-0.2, -0.15) is 0 Å². The summed E-state index contributed by atoms with van der Waals surface area (Å²) < 4.78 is 16.4. The molecule has 33 heavy (non-hydrogen) atoms. The maximum atomic E-state index is 12.5. The summed E-state index contributed by atoms with van der Waals surface area (Å²) in [6.45, 7) is -0.602. The van der Waals surface area contributed by atoms with Crippen molar-refractivity contribution >= 4 is 5.97 Å². The Kier molecular flexibility index (Phi) is 6.73. The number of ether oxygens (including phenoxy) is 3. The van der Waals surface area contributed by atoms with Crippen LogP contribution in [0.2, 0.25) is 0 Å². The fourth-order valence-electron chi connectivity index (χ4n) is 4.07. The molecule has 10 heteroatoms. The second-order valence-corrected chi connectivity index (χ2v) is 8.23. The number of aromatic hydroxyl groups is 2. The van der Waals surface area contributed by atoms with Crippen LogP contribution in [0.25, 0.3) is 0 Å². The Morgan fingerprint density at radius 3 is 2.42 bits per heavy atom. The van der Waals surface area contributed by atoms with Crippen molar-refractivity contribution in [2.24, 2.45) is 0 Å². The number of benzene rings is 2. The van der Waals surface area contributed by atoms with Gasteiger partial charge in [-0.05, 0) is 42.2 Å². The topological polar surface area (TPSA) is 166 Å². The fraction of sp³-hybridized carbons (Fsp3) is 0.435. The van der Waals surface area contributed by atoms with Crippen LogP contribution in [0.4, 0.5) is 0 Å². The lowest BCUT2D eigenvalue weighted by atomic mass is 9.94. The summed E-state index contributed by atoms with van der Waals surface area (Å²) >= 11 is 0. The third kappa shape index (κ3) is 4.90. The highest BCUT2D eigenvalue weighted by Gasteiger charge is 2.45. The molecule has 0 bridgehead atoms. The second kappa shape index (κ2) is 9.54. The predicted molar refractivity (Wildman–Crippen MR) is 112 cm³/mol. The number of esters is 1. The fourth-order valence-corrected chi connectivity index (χ4v) is 4.07. The standard InChI is InChI=1S/C23H26O10/c24-10-17-19(27)20(28)21(29)23(33-17)32-15-8-12-7-14(31-22(30)18(12)16(26)9-15)6-3-11-1-4-13(25)5-2-11/h1-2,4-5,8-9,14,17,19-21,23-29H,3,6-7,10H2/t14-,17+,19+,20-,21+,23+/m0/s1. The van der Waals surface area contributed by atoms with Gasteiger partial charge in [-0.1, -0.05) is 12.1 Å². The van der Waals surface area contributed by atoms with Crippen molar-refractivity contribution in [2.45, 2.75) is 56.1 Å². The Bertz CT molecular complexity index is 989. The Morgan fingerprint density at radius 2 is 1.73 bits per heavy atom. The molecular weight excluding hydrogens is 436 g/mol. The van der Waals surface area contributed by atoms with E-state index in [-0.39, 0.29) is 22.8 Å². The first-order valence-corrected chi connectivity index (χ1v) is 10.6. The lowest BCUT2D eigenvalue weighted by molar-refractivity contribution is -0.277. The first-order chi connectivity index (χ1) is 15.8. The van der Waals surface area contributed by atoms with Gasteiger partial charge >= 0.3 is 5.97 Å². The van der Waals surface area contributed by atoms with Crippen LogP contribution in [-0.2, 0) is 22.3 Å². The zero-order valence-corrected chi connectivity index (χ0v) is 17.6. The van der Waals surface area contributed by atoms with Crippen molar-refractivity contribution in [1.82, 2.24) is 0 Å². The molecule has 0 spiro atoms. The smallest absolute Gasteiger partial charge is 0.342 e. The van der Waals surface area contributed by atoms with Gasteiger partial charge in [-0.15, -0.1) is 0 Å². The number of fused-ring (bicyclic) bond motifs is 1. The summed E-state index contributed by atoms with van der Waals surface area (Å²) in [7, 11) is 0. The third-order valence-corrected chi connectivity index (χ3v) is 5.89. The zero-order valence-electron chi connectivity index (χ0n) is 17.6. The average molecular weight is 462 g/mol. The van der Waals surface area contributed by atoms with Crippen LogP contribution in [0, 0.1) is 0 Å². The molecule has 4 rings (SSSR count). The monoisotopic (exact) mass is 462 g/mol. The molecule has 2 heterocycles. The molecule has 0 aliphatic carbocycles. The maximum absolute atomic E-state index is 12.5. The molecule has 1 fully saturated rings. The number of rotatable bonds is 6. The minimum atomic E-state index is -1.61. The largest absolute Gasteiger partial charge is 0.508 e. The van der Waals surface area contributed by atoms with E-state index in [9.17, 15) is 35.4 Å². The highest BCUT2D eigenvalue weighted by atomic mass is 16.7. The van der Waals surface area contributed by atoms with Crippen molar-refractivity contribution in [3.8, 4) is 17.2 Å². The van der Waals surface area contributed by atoms with Crippen LogP contribution in [0.15, 0.2) is 36.4 Å². The summed E-state index contributed by atoms with van der Waals surface area (Å²) in [5, 5.41) is 59.1. The molecule has 0 unspecified atom stereocenters. The summed E-state index contributed by atoms with van der Waals surface area (Å²) in [5.41, 5.74) is 1.48. The van der Waals surface area contributed by atoms with Crippen molar-refractivity contribution in [1.29, 1.82) is 0 Å². The second-order valence-electron chi connectivity index (χ2n) is 8.23. The normalized spacial score (nSPS) is 29.3. The lowest BCUT2D eigenvalue weighted by Gasteiger charge is -2.39. The van der Waals surface area contributed by atoms with Gasteiger partial charge < -0.3 is 44.8 Å². The number of aliphatic hydroxyl groups is 4. The van der Waals surface area contributed by atoms with Gasteiger partial charge in [0, 0.05) is 12.5 Å². The van der Waals surface area contributed by atoms with E-state index < -0.39 is 49.4 Å². The quantitative estimate of drug-likeness (QED) is 0.322. The Hall–Kier alpha value is -2.89. The summed E-state index contributed by atoms with van der Waals surface area (Å²) in [6.07, 6.45) is -6.28. The Morgan fingerprint density at radius 1 is 1.00 bits per heavy atom. The highest BCUT2D eigenvalue weighted by Crippen LogP contribution is 2.35. The summed E-state index contributed by atoms with van der Waals surface area (Å²) in [6, 6.07) is 9.41. The molecule has 2 aromatic carbocycles. The summed E-state index contributed by atoms with van der Waals surface area (Å²) in [5.74, 6) is -0.792. The van der Waals surface area contributed by atoms with E-state index in [1.54, 1.807) is 24.3 Å². The number of aliphatic hydroxyl groups excluding tert-OH is 4. The molecule has 0 aromatic heterocycles. The van der Waals surface area contributed by atoms with Crippen LogP contribution in [0.5, 0.6) is 17.2 Å². The first-order valence-electron chi connectivity index (χ1n) is 10.6. The molecule has 1 saturated heterocycles. The van der Waals surface area contributed by atoms with Gasteiger partial charge in [0.05, 0.1) is 6.61 Å². The number of aryl methyl sites for hydroxylation is 1. The van der Waals surface area contributed by atoms with Crippen molar-refractivity contribution in [3.63, 3.8) is 0 Å². The minimum absolute atomic E-state index is 0.0250. The number of hydrogen-bond acceptors (Lipinski definition) is 10. The number of phenolic OH excluding ortho intramolecular Hbond substituents is 2. The number of carbonyl (C=O) groups excluding carboxylic acids is 1. The van der Waals surface area contributed by atoms with Crippen molar-refractivity contribution < 1.29 is 49.6 Å². The number of hydrogen-bond donors (Lipinski definition) is 6. The van der Waals surface area contributed by atoms with Crippen molar-refractivity contribution in [2.75, 3.05) is 6.61 Å². The third-order valence-electron chi connectivity index (χ3n) is 5.89. The van der Waals surface area contributed by atoms with Crippen LogP contribution >= 0.6 is 0 Å². The molecular formula is C23H26O10. The Balaban J connectivity index is 1.48. The molecule has 10 nitrogen and oxygen atoms in total. The lowest BCUT2D eigenvalue weighted by Crippen LogP contribution is -2.60. The van der Waals surface area contributed by atoms with Gasteiger partial charge in [0.1, 0.15) is 53.3 Å². The summed E-state index contributed by atoms with van der Waals surface area (Å²) in [4.78, 5) is 12.5.